The van der Waals surface area contributed by atoms with Gasteiger partial charge in [-0.05, 0) is 48.2 Å². The Morgan fingerprint density at radius 1 is 0.528 bits per heavy atom. The molecule has 0 aliphatic heterocycles. The first-order valence-corrected chi connectivity index (χ1v) is 17.1. The van der Waals surface area contributed by atoms with E-state index >= 15 is 0 Å². The zero-order valence-corrected chi connectivity index (χ0v) is 34.4. The summed E-state index contributed by atoms with van der Waals surface area (Å²) in [6, 6.07) is 43.5. The average molecular weight is 859 g/mol. The molecular formula is C43H38Cl2F6SiZr. The van der Waals surface area contributed by atoms with E-state index < -0.39 is 23.5 Å². The minimum absolute atomic E-state index is 0. The van der Waals surface area contributed by atoms with Gasteiger partial charge in [0.15, 0.2) is 0 Å². The third-order valence-electron chi connectivity index (χ3n) is 8.09. The van der Waals surface area contributed by atoms with Crippen molar-refractivity contribution in [3.63, 3.8) is 0 Å². The molecule has 0 saturated heterocycles. The molecule has 0 amide bonds. The van der Waals surface area contributed by atoms with Crippen LogP contribution in [0.5, 0.6) is 0 Å². The fourth-order valence-corrected chi connectivity index (χ4v) is 5.52. The number of hydrogen-bond acceptors (Lipinski definition) is 0. The number of halogens is 8. The molecule has 0 N–H and O–H groups in total. The van der Waals surface area contributed by atoms with Crippen molar-refractivity contribution in [3.05, 3.63) is 168 Å². The summed E-state index contributed by atoms with van der Waals surface area (Å²) in [5.74, 6) is 0. The van der Waals surface area contributed by atoms with Crippen LogP contribution in [0.2, 0.25) is 6.55 Å². The summed E-state index contributed by atoms with van der Waals surface area (Å²) in [4.78, 5) is 0. The van der Waals surface area contributed by atoms with Gasteiger partial charge in [-0.2, -0.15) is 74.9 Å². The Morgan fingerprint density at radius 3 is 1.15 bits per heavy atom. The van der Waals surface area contributed by atoms with Gasteiger partial charge in [0, 0.05) is 10.2 Å². The Morgan fingerprint density at radius 2 is 0.887 bits per heavy atom. The van der Waals surface area contributed by atoms with E-state index in [-0.39, 0.29) is 51.0 Å². The van der Waals surface area contributed by atoms with Crippen molar-refractivity contribution >= 4 is 56.6 Å². The maximum Gasteiger partial charge on any atom is 3.00 e. The Bertz CT molecular complexity index is 1900. The van der Waals surface area contributed by atoms with E-state index in [2.05, 4.69) is 54.4 Å². The zero-order valence-electron chi connectivity index (χ0n) is 29.3. The van der Waals surface area contributed by atoms with Gasteiger partial charge in [0.25, 0.3) is 0 Å². The molecule has 4 radical (unpaired) electrons. The molecule has 7 aromatic carbocycles. The molecule has 0 atom stereocenters. The second-order valence-electron chi connectivity index (χ2n) is 11.3. The van der Waals surface area contributed by atoms with Crippen LogP contribution in [0, 0.1) is 6.07 Å². The van der Waals surface area contributed by atoms with Gasteiger partial charge in [-0.15, -0.1) is 93.9 Å². The van der Waals surface area contributed by atoms with E-state index in [1.54, 1.807) is 6.55 Å². The molecule has 0 heterocycles. The largest absolute Gasteiger partial charge is 3.00 e. The molecule has 7 aromatic rings. The molecule has 0 fully saturated rings. The smallest absolute Gasteiger partial charge is 0.184 e. The van der Waals surface area contributed by atoms with Crippen LogP contribution in [0.1, 0.15) is 36.1 Å². The van der Waals surface area contributed by atoms with Gasteiger partial charge in [0.2, 0.25) is 0 Å². The van der Waals surface area contributed by atoms with Crippen LogP contribution in [0.25, 0.3) is 43.8 Å². The molecule has 274 valence electrons. The van der Waals surface area contributed by atoms with Crippen LogP contribution in [-0.4, -0.2) is 10.2 Å². The van der Waals surface area contributed by atoms with Crippen molar-refractivity contribution in [2.45, 2.75) is 45.6 Å². The number of hydrogen-bond donors (Lipinski definition) is 0. The van der Waals surface area contributed by atoms with Gasteiger partial charge < -0.3 is 0 Å². The Kier molecular flexibility index (Phi) is 19.8. The van der Waals surface area contributed by atoms with Gasteiger partial charge in [-0.3, -0.25) is 0 Å². The molecule has 0 bridgehead atoms. The second-order valence-corrected chi connectivity index (χ2v) is 11.3. The van der Waals surface area contributed by atoms with E-state index in [0.717, 1.165) is 80.9 Å². The minimum Gasteiger partial charge on any atom is -0.184 e. The number of fused-ring (bicyclic) bond motifs is 2. The summed E-state index contributed by atoms with van der Waals surface area (Å²) in [6.07, 6.45) is -6.69. The van der Waals surface area contributed by atoms with E-state index in [0.29, 0.717) is 0 Å². The molecule has 7 rings (SSSR count). The molecule has 0 spiro atoms. The number of aryl methyl sites for hydroxylation is 2. The average Bonchev–Trinajstić information content (AvgIpc) is 3.77. The topological polar surface area (TPSA) is 0 Å². The third-order valence-corrected chi connectivity index (χ3v) is 8.09. The van der Waals surface area contributed by atoms with Crippen molar-refractivity contribution in [2.75, 3.05) is 0 Å². The van der Waals surface area contributed by atoms with Crippen molar-refractivity contribution in [2.24, 2.45) is 0 Å². The summed E-state index contributed by atoms with van der Waals surface area (Å²) >= 11 is 0. The zero-order chi connectivity index (χ0) is 36.3. The van der Waals surface area contributed by atoms with Crippen molar-refractivity contribution < 1.29 is 52.5 Å². The normalized spacial score (nSPS) is 10.5. The summed E-state index contributed by atoms with van der Waals surface area (Å²) in [5, 5.41) is 4.44. The molecular weight excluding hydrogens is 821 g/mol. The first kappa shape index (κ1) is 47.6. The fraction of sp³-hybridized carbons (Fsp3) is 0.163. The SMILES string of the molecule is CCc1cc2c(-c3ccc(C(F)(F)F)cc3)cccc2[cH-]1.CCc1cc2c(-c3ccc(C(F)(F)F)cc3)cccc2[cH-]1.C[Si].Cl.Cl.[Zr+3].[c-]1ccccc1. The van der Waals surface area contributed by atoms with Crippen LogP contribution < -0.4 is 0 Å². The van der Waals surface area contributed by atoms with Crippen molar-refractivity contribution in [1.29, 1.82) is 0 Å². The molecule has 10 heteroatoms. The Balaban J connectivity index is 0.000000420. The quantitative estimate of drug-likeness (QED) is 0.0940. The number of rotatable bonds is 4. The third kappa shape index (κ3) is 12.8. The predicted molar refractivity (Wildman–Crippen MR) is 210 cm³/mol. The van der Waals surface area contributed by atoms with Gasteiger partial charge in [-0.25, -0.2) is 0 Å². The fourth-order valence-electron chi connectivity index (χ4n) is 5.52. The summed E-state index contributed by atoms with van der Waals surface area (Å²) in [7, 11) is 2.97. The van der Waals surface area contributed by atoms with Gasteiger partial charge in [0.05, 0.1) is 11.1 Å². The van der Waals surface area contributed by atoms with E-state index in [9.17, 15) is 26.3 Å². The first-order valence-electron chi connectivity index (χ1n) is 16.1. The Labute approximate surface area is 342 Å². The summed E-state index contributed by atoms with van der Waals surface area (Å²) < 4.78 is 75.7. The van der Waals surface area contributed by atoms with Crippen molar-refractivity contribution in [1.82, 2.24) is 0 Å². The van der Waals surface area contributed by atoms with E-state index in [1.807, 2.05) is 66.7 Å². The molecule has 0 saturated carbocycles. The van der Waals surface area contributed by atoms with Crippen LogP contribution in [0.3, 0.4) is 0 Å². The standard InChI is InChI=1S/2C18H14F3.C6H5.CH3Si.2ClH.Zr/c2*1-2-12-10-14-4-3-5-16(17(14)11-12)13-6-8-15(9-7-13)18(19,20)21;1-2-4-6-5-3-1;1-2;;;/h2*3-11H,2H2,1H3;1-5H;1H3;2*1H;/q3*-1;;;;+3. The van der Waals surface area contributed by atoms with E-state index in [4.69, 9.17) is 0 Å². The van der Waals surface area contributed by atoms with Crippen LogP contribution in [-0.2, 0) is 51.4 Å². The maximum absolute atomic E-state index is 12.6. The van der Waals surface area contributed by atoms with Crippen LogP contribution in [0.4, 0.5) is 26.3 Å². The van der Waals surface area contributed by atoms with Gasteiger partial charge >= 0.3 is 38.6 Å². The van der Waals surface area contributed by atoms with Crippen LogP contribution in [0.15, 0.2) is 140 Å². The van der Waals surface area contributed by atoms with Crippen LogP contribution >= 0.6 is 24.8 Å². The summed E-state index contributed by atoms with van der Waals surface area (Å²) in [6.45, 7) is 5.98. The van der Waals surface area contributed by atoms with E-state index in [1.165, 1.54) is 35.4 Å². The maximum atomic E-state index is 12.6. The number of alkyl halides is 6. The van der Waals surface area contributed by atoms with Crippen molar-refractivity contribution in [3.8, 4) is 22.3 Å². The summed E-state index contributed by atoms with van der Waals surface area (Å²) in [5.41, 5.74) is 4.81. The monoisotopic (exact) mass is 856 g/mol. The molecule has 53 heavy (non-hydrogen) atoms. The second kappa shape index (κ2) is 22.1. The predicted octanol–water partition coefficient (Wildman–Crippen LogP) is 14.1. The van der Waals surface area contributed by atoms with Gasteiger partial charge in [0.1, 0.15) is 0 Å². The molecule has 0 aromatic heterocycles. The first-order chi connectivity index (χ1) is 24.0. The molecule has 0 aliphatic rings. The molecule has 0 unspecified atom stereocenters. The number of benzene rings is 5. The Hall–Kier alpha value is -3.42. The molecule has 0 nitrogen and oxygen atoms in total. The molecule has 0 aliphatic carbocycles. The minimum atomic E-state index is -4.29. The van der Waals surface area contributed by atoms with Gasteiger partial charge in [-0.1, -0.05) is 67.9 Å².